The van der Waals surface area contributed by atoms with Crippen LogP contribution in [0.1, 0.15) is 22.6 Å². The first-order valence-corrected chi connectivity index (χ1v) is 33.4. The van der Waals surface area contributed by atoms with E-state index in [1.165, 1.54) is 126 Å². The Hall–Kier alpha value is -12.7. The molecule has 0 radical (unpaired) electrons. The van der Waals surface area contributed by atoms with Crippen LogP contribution in [-0.2, 0) is 0 Å². The second-order valence-corrected chi connectivity index (χ2v) is 26.2. The molecule has 0 saturated heterocycles. The average Bonchev–Trinajstić information content (AvgIpc) is 1.56. The summed E-state index contributed by atoms with van der Waals surface area (Å²) in [6.45, 7) is 0. The third kappa shape index (κ3) is 6.92. The van der Waals surface area contributed by atoms with Crippen LogP contribution in [-0.4, -0.2) is 22.8 Å². The molecule has 5 aromatic heterocycles. The highest BCUT2D eigenvalue weighted by Crippen LogP contribution is 2.61. The van der Waals surface area contributed by atoms with Gasteiger partial charge >= 0.3 is 0 Å². The maximum absolute atomic E-state index is 2.74. The summed E-state index contributed by atoms with van der Waals surface area (Å²) in [6, 6.07) is 124. The van der Waals surface area contributed by atoms with E-state index in [-0.39, 0.29) is 5.92 Å². The van der Waals surface area contributed by atoms with Gasteiger partial charge in [0, 0.05) is 65.3 Å². The van der Waals surface area contributed by atoms with Crippen LogP contribution in [0.4, 0.5) is 0 Å². The summed E-state index contributed by atoms with van der Waals surface area (Å²) in [5.74, 6) is -0.311. The van der Waals surface area contributed by atoms with Crippen LogP contribution in [0, 0.1) is 0 Å². The number of hydrogen-bond donors (Lipinski definition) is 0. The smallest absolute Gasteiger partial charge is 0.0990 e. The molecule has 0 aliphatic carbocycles. The highest BCUT2D eigenvalue weighted by molar-refractivity contribution is 6.21. The molecule has 15 aromatic carbocycles. The summed E-state index contributed by atoms with van der Waals surface area (Å²) >= 11 is 0. The van der Waals surface area contributed by atoms with Crippen molar-refractivity contribution >= 4 is 109 Å². The van der Waals surface area contributed by atoms with Gasteiger partial charge in [-0.3, -0.25) is 0 Å². The zero-order chi connectivity index (χ0) is 62.4. The molecule has 20 aromatic rings. The molecule has 0 atom stereocenters. The highest BCUT2D eigenvalue weighted by Gasteiger charge is 2.45. The molecule has 22 rings (SSSR count). The molecule has 0 bridgehead atoms. The van der Waals surface area contributed by atoms with Gasteiger partial charge in [0.2, 0.25) is 0 Å². The molecule has 7 heterocycles. The van der Waals surface area contributed by atoms with E-state index >= 15 is 0 Å². The van der Waals surface area contributed by atoms with E-state index in [9.17, 15) is 0 Å². The molecule has 5 heteroatoms. The third-order valence-corrected chi connectivity index (χ3v) is 21.4. The molecule has 0 unspecified atom stereocenters. The van der Waals surface area contributed by atoms with E-state index in [1.54, 1.807) is 0 Å². The standard InChI is InChI=1S/C91H55N5/c1-5-25-55(26-6-1)59-45-47-81-69(49-59)71-51-61(57-29-9-3-10-30-57)53-73-83-74-54-62(58-31-11-4-12-32-58)52-72-70-50-60(56-27-7-2-8-28-56)46-48-82(70)96(86(72)74)88-84(83)87(95(81)85(71)73)89(92-75-39-19-13-33-63(75)64-34-14-20-40-76(64)92)91(94-79-43-23-17-37-67(79)68-38-18-24-44-80(68)94)90(88)93-77-41-21-15-35-65(77)66-36-16-22-42-78(66)93/h1-54,83H. The molecule has 0 N–H and O–H groups in total. The van der Waals surface area contributed by atoms with Crippen molar-refractivity contribution in [2.75, 3.05) is 0 Å². The molecular formula is C91H55N5. The van der Waals surface area contributed by atoms with Crippen molar-refractivity contribution in [1.29, 1.82) is 0 Å². The summed E-state index contributed by atoms with van der Waals surface area (Å²) in [5, 5.41) is 12.0. The summed E-state index contributed by atoms with van der Waals surface area (Å²) in [7, 11) is 0. The maximum Gasteiger partial charge on any atom is 0.0990 e. The lowest BCUT2D eigenvalue weighted by Gasteiger charge is -2.40. The molecule has 5 nitrogen and oxygen atoms in total. The zero-order valence-corrected chi connectivity index (χ0v) is 52.0. The molecule has 2 aliphatic rings. The minimum Gasteiger partial charge on any atom is -0.306 e. The van der Waals surface area contributed by atoms with Crippen LogP contribution in [0.3, 0.4) is 0 Å². The predicted molar refractivity (Wildman–Crippen MR) is 401 cm³/mol. The van der Waals surface area contributed by atoms with Crippen molar-refractivity contribution in [1.82, 2.24) is 22.8 Å². The van der Waals surface area contributed by atoms with Crippen LogP contribution in [0.5, 0.6) is 0 Å². The number of nitrogens with zero attached hydrogens (tertiary/aromatic N) is 5. The Balaban J connectivity index is 1.07. The Labute approximate surface area is 551 Å². The molecule has 444 valence electrons. The van der Waals surface area contributed by atoms with Gasteiger partial charge in [-0.2, -0.15) is 0 Å². The molecule has 0 spiro atoms. The van der Waals surface area contributed by atoms with Gasteiger partial charge in [0.15, 0.2) is 0 Å². The lowest BCUT2D eigenvalue weighted by atomic mass is 9.75. The Morgan fingerprint density at radius 2 is 0.417 bits per heavy atom. The Kier molecular flexibility index (Phi) is 10.5. The number of fused-ring (bicyclic) bond motifs is 19. The van der Waals surface area contributed by atoms with Crippen LogP contribution in [0.15, 0.2) is 328 Å². The first-order chi connectivity index (χ1) is 47.7. The van der Waals surface area contributed by atoms with E-state index in [2.05, 4.69) is 350 Å². The molecular weight excluding hydrogens is 1160 g/mol. The van der Waals surface area contributed by atoms with Crippen molar-refractivity contribution in [3.8, 4) is 72.9 Å². The van der Waals surface area contributed by atoms with Crippen molar-refractivity contribution in [2.24, 2.45) is 0 Å². The fourth-order valence-electron chi connectivity index (χ4n) is 17.5. The molecule has 2 aliphatic heterocycles. The van der Waals surface area contributed by atoms with Crippen LogP contribution >= 0.6 is 0 Å². The summed E-state index contributed by atoms with van der Waals surface area (Å²) < 4.78 is 13.5. The van der Waals surface area contributed by atoms with E-state index < -0.39 is 0 Å². The van der Waals surface area contributed by atoms with Gasteiger partial charge in [-0.1, -0.05) is 243 Å². The third-order valence-electron chi connectivity index (χ3n) is 21.4. The largest absolute Gasteiger partial charge is 0.306 e. The van der Waals surface area contributed by atoms with Gasteiger partial charge in [-0.15, -0.1) is 0 Å². The van der Waals surface area contributed by atoms with Gasteiger partial charge in [0.1, 0.15) is 0 Å². The minimum atomic E-state index is -0.311. The van der Waals surface area contributed by atoms with Gasteiger partial charge in [-0.05, 0) is 141 Å². The number of para-hydroxylation sites is 6. The van der Waals surface area contributed by atoms with Gasteiger partial charge in [0.25, 0.3) is 0 Å². The quantitative estimate of drug-likeness (QED) is 0.152. The predicted octanol–water partition coefficient (Wildman–Crippen LogP) is 23.6. The fourth-order valence-corrected chi connectivity index (χ4v) is 17.5. The van der Waals surface area contributed by atoms with Crippen LogP contribution in [0.25, 0.3) is 182 Å². The van der Waals surface area contributed by atoms with Gasteiger partial charge in [0.05, 0.1) is 83.6 Å². The van der Waals surface area contributed by atoms with Crippen LogP contribution < -0.4 is 0 Å². The molecule has 0 amide bonds. The second-order valence-electron chi connectivity index (χ2n) is 26.2. The Morgan fingerprint density at radius 3 is 0.729 bits per heavy atom. The minimum absolute atomic E-state index is 0.311. The van der Waals surface area contributed by atoms with E-state index in [4.69, 9.17) is 0 Å². The van der Waals surface area contributed by atoms with Crippen molar-refractivity contribution in [3.05, 3.63) is 344 Å². The van der Waals surface area contributed by atoms with E-state index in [0.29, 0.717) is 0 Å². The first-order valence-electron chi connectivity index (χ1n) is 33.4. The number of benzene rings is 15. The summed E-state index contributed by atoms with van der Waals surface area (Å²) in [6.07, 6.45) is 0. The number of aromatic nitrogens is 5. The summed E-state index contributed by atoms with van der Waals surface area (Å²) in [4.78, 5) is 0. The lowest BCUT2D eigenvalue weighted by molar-refractivity contribution is 0.863. The van der Waals surface area contributed by atoms with Gasteiger partial charge in [-0.25, -0.2) is 0 Å². The normalized spacial score (nSPS) is 12.8. The van der Waals surface area contributed by atoms with Crippen molar-refractivity contribution in [3.63, 3.8) is 0 Å². The second kappa shape index (κ2) is 19.4. The maximum atomic E-state index is 2.74. The molecule has 0 fully saturated rings. The van der Waals surface area contributed by atoms with E-state index in [0.717, 1.165) is 72.6 Å². The first kappa shape index (κ1) is 51.9. The van der Waals surface area contributed by atoms with E-state index in [1.807, 2.05) is 0 Å². The topological polar surface area (TPSA) is 24.6 Å². The SMILES string of the molecule is c1ccc(-c2ccc3c(c2)c2cc(-c4ccccc4)cc4c2n3-c2c3c(c(-n5c6ccccc6c6ccccc65)c(-n5c6ccccc6c6ccccc65)c2-n2c5ccccc5c5ccccc52)-n2c5ccc(-c6ccccc6)cc5c5cc(-c6ccccc6)cc(c52)C34)cc1. The Bertz CT molecular complexity index is 6230. The number of rotatable bonds is 7. The number of hydrogen-bond acceptors (Lipinski definition) is 0. The lowest BCUT2D eigenvalue weighted by Crippen LogP contribution is -2.27. The molecule has 0 saturated carbocycles. The average molecular weight is 1220 g/mol. The highest BCUT2D eigenvalue weighted by atomic mass is 15.2. The zero-order valence-electron chi connectivity index (χ0n) is 52.0. The molecule has 96 heavy (non-hydrogen) atoms. The van der Waals surface area contributed by atoms with Crippen LogP contribution in [0.2, 0.25) is 0 Å². The van der Waals surface area contributed by atoms with Crippen molar-refractivity contribution < 1.29 is 0 Å². The van der Waals surface area contributed by atoms with Gasteiger partial charge < -0.3 is 22.8 Å². The fraction of sp³-hybridized carbons (Fsp3) is 0.0110. The Morgan fingerprint density at radius 1 is 0.167 bits per heavy atom. The monoisotopic (exact) mass is 1220 g/mol. The summed E-state index contributed by atoms with van der Waals surface area (Å²) in [5.41, 5.74) is 30.4. The van der Waals surface area contributed by atoms with Crippen molar-refractivity contribution in [2.45, 2.75) is 5.92 Å².